The molecule has 4 rings (SSSR count). The number of nitrogens with two attached hydrogens (primary N) is 2. The summed E-state index contributed by atoms with van der Waals surface area (Å²) in [5.74, 6) is 2.23. The molecule has 2 aromatic rings. The Morgan fingerprint density at radius 1 is 1.12 bits per heavy atom. The van der Waals surface area contributed by atoms with Crippen LogP contribution in [-0.2, 0) is 4.74 Å². The quantitative estimate of drug-likeness (QED) is 0.692. The van der Waals surface area contributed by atoms with Gasteiger partial charge in [-0.05, 0) is 25.3 Å². The first-order chi connectivity index (χ1) is 12.6. The van der Waals surface area contributed by atoms with E-state index in [-0.39, 0.29) is 6.04 Å². The van der Waals surface area contributed by atoms with Gasteiger partial charge in [0, 0.05) is 24.4 Å². The zero-order valence-corrected chi connectivity index (χ0v) is 16.3. The van der Waals surface area contributed by atoms with Crippen LogP contribution in [0.1, 0.15) is 26.2 Å². The summed E-state index contributed by atoms with van der Waals surface area (Å²) in [6.45, 7) is 4.25. The van der Waals surface area contributed by atoms with Gasteiger partial charge in [0.2, 0.25) is 0 Å². The van der Waals surface area contributed by atoms with E-state index in [2.05, 4.69) is 39.4 Å². The van der Waals surface area contributed by atoms with Crippen LogP contribution in [0.4, 0.5) is 17.5 Å². The predicted octanol–water partition coefficient (Wildman–Crippen LogP) is 2.64. The lowest BCUT2D eigenvalue weighted by atomic mass is 10.2. The highest BCUT2D eigenvalue weighted by atomic mass is 32.1. The average molecular weight is 377 g/mol. The monoisotopic (exact) mass is 376 g/mol. The normalized spacial score (nSPS) is 18.1. The Morgan fingerprint density at radius 3 is 2.46 bits per heavy atom. The molecule has 1 unspecified atom stereocenters. The highest BCUT2D eigenvalue weighted by Crippen LogP contribution is 2.24. The third-order valence-corrected chi connectivity index (χ3v) is 3.79. The molecule has 0 bridgehead atoms. The Kier molecular flexibility index (Phi) is 7.93. The lowest BCUT2D eigenvalue weighted by Crippen LogP contribution is -2.44. The minimum absolute atomic E-state index is 0.253. The molecular weight excluding hydrogens is 348 g/mol. The molecule has 2 aliphatic rings. The maximum atomic E-state index is 5.93. The number of thiol groups is 1. The van der Waals surface area contributed by atoms with Crippen LogP contribution in [0.15, 0.2) is 24.4 Å². The van der Waals surface area contributed by atoms with Crippen LogP contribution in [0.3, 0.4) is 0 Å². The second-order valence-corrected chi connectivity index (χ2v) is 6.12. The van der Waals surface area contributed by atoms with Gasteiger partial charge in [0.05, 0.1) is 19.3 Å². The molecule has 0 spiro atoms. The Hall–Kier alpha value is -2.06. The van der Waals surface area contributed by atoms with Crippen molar-refractivity contribution >= 4 is 30.1 Å². The van der Waals surface area contributed by atoms with Crippen LogP contribution in [-0.4, -0.2) is 47.0 Å². The van der Waals surface area contributed by atoms with Gasteiger partial charge < -0.3 is 21.1 Å². The minimum atomic E-state index is 0.253. The highest BCUT2D eigenvalue weighted by molar-refractivity contribution is 7.79. The molecule has 7 nitrogen and oxygen atoms in total. The number of rotatable bonds is 2. The number of ether oxygens (including phenoxy) is 1. The maximum Gasteiger partial charge on any atom is 0.164 e. The molecule has 2 fully saturated rings. The van der Waals surface area contributed by atoms with E-state index in [0.29, 0.717) is 30.7 Å². The van der Waals surface area contributed by atoms with Gasteiger partial charge in [0.15, 0.2) is 5.82 Å². The van der Waals surface area contributed by atoms with E-state index in [1.54, 1.807) is 24.6 Å². The largest absolute Gasteiger partial charge is 0.384 e. The number of hydrogen-bond acceptors (Lipinski definition) is 8. The van der Waals surface area contributed by atoms with Crippen LogP contribution in [0.25, 0.3) is 11.4 Å². The molecule has 3 heterocycles. The third kappa shape index (κ3) is 6.03. The molecule has 1 aliphatic heterocycles. The van der Waals surface area contributed by atoms with E-state index in [4.69, 9.17) is 16.2 Å². The highest BCUT2D eigenvalue weighted by Gasteiger charge is 2.21. The summed E-state index contributed by atoms with van der Waals surface area (Å²) in [5.41, 5.74) is 12.4. The standard InChI is InChI=1S/C14H18N6O.C3H6.CH4S/c1-9-8-21-5-4-20(9)13-7-12(16)18-14(19-13)10-2-3-17-11(15)6-10;1-2-3-1;1-2/h2-3,6-7,9H,4-5,8H2,1H3,(H2,15,17)(H2,16,18,19);1-3H2;2H,1H3. The van der Waals surface area contributed by atoms with E-state index in [9.17, 15) is 0 Å². The number of nitrogens with zero attached hydrogens (tertiary/aromatic N) is 4. The molecule has 26 heavy (non-hydrogen) atoms. The van der Waals surface area contributed by atoms with Crippen LogP contribution >= 0.6 is 12.6 Å². The lowest BCUT2D eigenvalue weighted by Gasteiger charge is -2.34. The first-order valence-corrected chi connectivity index (χ1v) is 9.68. The topological polar surface area (TPSA) is 103 Å². The van der Waals surface area contributed by atoms with E-state index >= 15 is 0 Å². The van der Waals surface area contributed by atoms with Gasteiger partial charge in [-0.1, -0.05) is 19.3 Å². The molecule has 1 atom stereocenters. The fraction of sp³-hybridized carbons (Fsp3) is 0.500. The molecule has 0 radical (unpaired) electrons. The molecule has 0 amide bonds. The van der Waals surface area contributed by atoms with Gasteiger partial charge in [-0.25, -0.2) is 15.0 Å². The third-order valence-electron chi connectivity index (χ3n) is 3.79. The summed E-state index contributed by atoms with van der Waals surface area (Å²) in [7, 11) is 0. The Bertz CT molecular complexity index is 694. The zero-order chi connectivity index (χ0) is 18.9. The van der Waals surface area contributed by atoms with E-state index < -0.39 is 0 Å². The first-order valence-electron chi connectivity index (χ1n) is 8.79. The van der Waals surface area contributed by atoms with E-state index in [0.717, 1.165) is 17.9 Å². The van der Waals surface area contributed by atoms with E-state index in [1.807, 2.05) is 6.07 Å². The molecular formula is C18H28N6OS. The molecule has 2 aromatic heterocycles. The molecule has 1 saturated heterocycles. The maximum absolute atomic E-state index is 5.93. The van der Waals surface area contributed by atoms with Gasteiger partial charge in [-0.15, -0.1) is 0 Å². The molecule has 0 aromatic carbocycles. The number of aromatic nitrogens is 3. The molecule has 8 heteroatoms. The van der Waals surface area contributed by atoms with Crippen molar-refractivity contribution in [1.82, 2.24) is 15.0 Å². The summed E-state index contributed by atoms with van der Waals surface area (Å²) in [6.07, 6.45) is 7.83. The number of morpholine rings is 1. The van der Waals surface area contributed by atoms with E-state index in [1.165, 1.54) is 19.3 Å². The molecule has 1 saturated carbocycles. The van der Waals surface area contributed by atoms with Crippen molar-refractivity contribution in [3.05, 3.63) is 24.4 Å². The molecule has 4 N–H and O–H groups in total. The minimum Gasteiger partial charge on any atom is -0.384 e. The van der Waals surface area contributed by atoms with Gasteiger partial charge in [0.25, 0.3) is 0 Å². The fourth-order valence-electron chi connectivity index (χ4n) is 2.38. The van der Waals surface area contributed by atoms with Crippen molar-refractivity contribution in [1.29, 1.82) is 0 Å². The van der Waals surface area contributed by atoms with Crippen LogP contribution in [0.2, 0.25) is 0 Å². The Labute approximate surface area is 160 Å². The SMILES string of the molecule is C1CC1.CC1COCCN1c1cc(N)nc(-c2ccnc(N)c2)n1.CS. The van der Waals surface area contributed by atoms with Crippen LogP contribution in [0, 0.1) is 0 Å². The second-order valence-electron chi connectivity index (χ2n) is 6.12. The smallest absolute Gasteiger partial charge is 0.164 e. The first kappa shape index (κ1) is 20.3. The molecule has 1 aliphatic carbocycles. The van der Waals surface area contributed by atoms with Gasteiger partial charge in [0.1, 0.15) is 17.5 Å². The van der Waals surface area contributed by atoms with Crippen molar-refractivity contribution in [3.63, 3.8) is 0 Å². The summed E-state index contributed by atoms with van der Waals surface area (Å²) >= 11 is 3.53. The van der Waals surface area contributed by atoms with Crippen molar-refractivity contribution in [2.75, 3.05) is 42.4 Å². The summed E-state index contributed by atoms with van der Waals surface area (Å²) in [5, 5.41) is 0. The summed E-state index contributed by atoms with van der Waals surface area (Å²) in [6, 6.07) is 5.60. The Morgan fingerprint density at radius 2 is 1.85 bits per heavy atom. The fourth-order valence-corrected chi connectivity index (χ4v) is 2.38. The van der Waals surface area contributed by atoms with Gasteiger partial charge in [-0.3, -0.25) is 0 Å². The number of anilines is 3. The predicted molar refractivity (Wildman–Crippen MR) is 110 cm³/mol. The lowest BCUT2D eigenvalue weighted by molar-refractivity contribution is 0.0985. The van der Waals surface area contributed by atoms with Crippen LogP contribution in [0.5, 0.6) is 0 Å². The van der Waals surface area contributed by atoms with Crippen molar-refractivity contribution in [3.8, 4) is 11.4 Å². The Balaban J connectivity index is 0.000000429. The van der Waals surface area contributed by atoms with Gasteiger partial charge in [-0.2, -0.15) is 12.6 Å². The number of hydrogen-bond donors (Lipinski definition) is 3. The van der Waals surface area contributed by atoms with Crippen molar-refractivity contribution in [2.24, 2.45) is 0 Å². The number of nitrogen functional groups attached to an aromatic ring is 2. The summed E-state index contributed by atoms with van der Waals surface area (Å²) in [4.78, 5) is 15.1. The van der Waals surface area contributed by atoms with Gasteiger partial charge >= 0.3 is 0 Å². The molecule has 142 valence electrons. The van der Waals surface area contributed by atoms with Crippen LogP contribution < -0.4 is 16.4 Å². The second kappa shape index (κ2) is 10.2. The average Bonchev–Trinajstić information content (AvgIpc) is 3.52. The van der Waals surface area contributed by atoms with Crippen molar-refractivity contribution < 1.29 is 4.74 Å². The summed E-state index contributed by atoms with van der Waals surface area (Å²) < 4.78 is 5.45. The van der Waals surface area contributed by atoms with Crippen molar-refractivity contribution in [2.45, 2.75) is 32.2 Å². The zero-order valence-electron chi connectivity index (χ0n) is 15.4. The number of pyridine rings is 1.